The standard InChI is InChI=1S/C11H13ClN4O/c12-10-6-13-9-5-14-16(11(9)15-10)7-8-3-1-2-4-17-8/h5-6,8H,1-4,7H2/t8-/m1/s1. The molecule has 3 heterocycles. The molecule has 1 aliphatic heterocycles. The minimum Gasteiger partial charge on any atom is -0.376 e. The van der Waals surface area contributed by atoms with Crippen LogP contribution in [0.4, 0.5) is 0 Å². The largest absolute Gasteiger partial charge is 0.376 e. The molecule has 0 radical (unpaired) electrons. The van der Waals surface area contributed by atoms with E-state index in [-0.39, 0.29) is 6.10 Å². The topological polar surface area (TPSA) is 52.8 Å². The van der Waals surface area contributed by atoms with Crippen molar-refractivity contribution in [1.29, 1.82) is 0 Å². The third kappa shape index (κ3) is 2.25. The van der Waals surface area contributed by atoms with E-state index >= 15 is 0 Å². The number of rotatable bonds is 2. The summed E-state index contributed by atoms with van der Waals surface area (Å²) in [7, 11) is 0. The molecule has 5 nitrogen and oxygen atoms in total. The molecule has 0 saturated carbocycles. The normalized spacial score (nSPS) is 20.9. The van der Waals surface area contributed by atoms with Gasteiger partial charge in [0.05, 0.1) is 25.0 Å². The smallest absolute Gasteiger partial charge is 0.178 e. The highest BCUT2D eigenvalue weighted by Gasteiger charge is 2.16. The molecule has 0 aromatic carbocycles. The number of fused-ring (bicyclic) bond motifs is 1. The van der Waals surface area contributed by atoms with E-state index in [9.17, 15) is 0 Å². The summed E-state index contributed by atoms with van der Waals surface area (Å²) in [4.78, 5) is 8.42. The molecule has 90 valence electrons. The summed E-state index contributed by atoms with van der Waals surface area (Å²) < 4.78 is 7.51. The maximum Gasteiger partial charge on any atom is 0.178 e. The predicted molar refractivity (Wildman–Crippen MR) is 63.9 cm³/mol. The molecule has 3 rings (SSSR count). The van der Waals surface area contributed by atoms with Crippen molar-refractivity contribution in [2.24, 2.45) is 0 Å². The number of hydrogen-bond acceptors (Lipinski definition) is 4. The first-order valence-electron chi connectivity index (χ1n) is 5.78. The van der Waals surface area contributed by atoms with Gasteiger partial charge in [-0.1, -0.05) is 11.6 Å². The van der Waals surface area contributed by atoms with Crippen molar-refractivity contribution in [2.75, 3.05) is 6.61 Å². The molecule has 0 bridgehead atoms. The summed E-state index contributed by atoms with van der Waals surface area (Å²) in [6, 6.07) is 0. The van der Waals surface area contributed by atoms with Gasteiger partial charge in [0.1, 0.15) is 10.7 Å². The first-order valence-corrected chi connectivity index (χ1v) is 6.16. The fourth-order valence-electron chi connectivity index (χ4n) is 2.11. The Kier molecular flexibility index (Phi) is 2.94. The number of hydrogen-bond donors (Lipinski definition) is 0. The van der Waals surface area contributed by atoms with E-state index in [4.69, 9.17) is 16.3 Å². The Morgan fingerprint density at radius 3 is 3.18 bits per heavy atom. The van der Waals surface area contributed by atoms with Crippen LogP contribution in [0.3, 0.4) is 0 Å². The van der Waals surface area contributed by atoms with Gasteiger partial charge in [0, 0.05) is 6.61 Å². The summed E-state index contributed by atoms with van der Waals surface area (Å²) in [6.45, 7) is 1.56. The zero-order valence-electron chi connectivity index (χ0n) is 9.34. The van der Waals surface area contributed by atoms with Gasteiger partial charge in [-0.3, -0.25) is 0 Å². The van der Waals surface area contributed by atoms with E-state index in [1.165, 1.54) is 12.6 Å². The molecule has 17 heavy (non-hydrogen) atoms. The van der Waals surface area contributed by atoms with E-state index in [1.54, 1.807) is 6.20 Å². The number of aromatic nitrogens is 4. The molecule has 2 aromatic rings. The summed E-state index contributed by atoms with van der Waals surface area (Å²) in [5.74, 6) is 0. The lowest BCUT2D eigenvalue weighted by atomic mass is 10.1. The van der Waals surface area contributed by atoms with Crippen molar-refractivity contribution < 1.29 is 4.74 Å². The summed E-state index contributed by atoms with van der Waals surface area (Å²) in [5.41, 5.74) is 1.50. The quantitative estimate of drug-likeness (QED) is 0.821. The Morgan fingerprint density at radius 1 is 1.41 bits per heavy atom. The van der Waals surface area contributed by atoms with Crippen LogP contribution in [0.2, 0.25) is 5.15 Å². The minimum absolute atomic E-state index is 0.229. The van der Waals surface area contributed by atoms with Crippen LogP contribution in [0.1, 0.15) is 19.3 Å². The molecule has 2 aromatic heterocycles. The second-order valence-corrected chi connectivity index (χ2v) is 4.60. The molecule has 0 unspecified atom stereocenters. The summed E-state index contributed by atoms with van der Waals surface area (Å²) >= 11 is 5.84. The van der Waals surface area contributed by atoms with Crippen LogP contribution >= 0.6 is 11.6 Å². The van der Waals surface area contributed by atoms with E-state index < -0.39 is 0 Å². The average molecular weight is 253 g/mol. The van der Waals surface area contributed by atoms with Crippen LogP contribution in [-0.2, 0) is 11.3 Å². The highest BCUT2D eigenvalue weighted by molar-refractivity contribution is 6.29. The molecule has 0 aliphatic carbocycles. The molecule has 6 heteroatoms. The molecule has 1 aliphatic rings. The average Bonchev–Trinajstić information content (AvgIpc) is 2.73. The van der Waals surface area contributed by atoms with Crippen molar-refractivity contribution in [2.45, 2.75) is 31.9 Å². The molecule has 1 atom stereocenters. The summed E-state index contributed by atoms with van der Waals surface area (Å²) in [5, 5.41) is 4.68. The highest BCUT2D eigenvalue weighted by Crippen LogP contribution is 2.17. The SMILES string of the molecule is Clc1cnc2cnn(C[C@H]3CCCCO3)c2n1. The fraction of sp³-hybridized carbons (Fsp3) is 0.545. The lowest BCUT2D eigenvalue weighted by molar-refractivity contribution is 0.00464. The van der Waals surface area contributed by atoms with E-state index in [0.29, 0.717) is 5.15 Å². The third-order valence-electron chi connectivity index (χ3n) is 2.97. The molecule has 0 N–H and O–H groups in total. The van der Waals surface area contributed by atoms with Gasteiger partial charge in [-0.25, -0.2) is 14.6 Å². The van der Waals surface area contributed by atoms with Gasteiger partial charge in [-0.2, -0.15) is 5.10 Å². The molecular formula is C11H13ClN4O. The van der Waals surface area contributed by atoms with Gasteiger partial charge in [0.15, 0.2) is 5.65 Å². The Labute approximate surface area is 104 Å². The first kappa shape index (κ1) is 10.9. The van der Waals surface area contributed by atoms with Crippen LogP contribution < -0.4 is 0 Å². The third-order valence-corrected chi connectivity index (χ3v) is 3.15. The number of nitrogens with zero attached hydrogens (tertiary/aromatic N) is 4. The Morgan fingerprint density at radius 2 is 2.35 bits per heavy atom. The first-order chi connectivity index (χ1) is 8.33. The second-order valence-electron chi connectivity index (χ2n) is 4.22. The van der Waals surface area contributed by atoms with Crippen molar-refractivity contribution >= 4 is 22.8 Å². The number of ether oxygens (including phenoxy) is 1. The van der Waals surface area contributed by atoms with Crippen molar-refractivity contribution in [1.82, 2.24) is 19.7 Å². The second kappa shape index (κ2) is 4.58. The fourth-order valence-corrected chi connectivity index (χ4v) is 2.23. The Bertz CT molecular complexity index is 521. The van der Waals surface area contributed by atoms with Crippen LogP contribution in [0.25, 0.3) is 11.2 Å². The molecule has 1 saturated heterocycles. The van der Waals surface area contributed by atoms with Gasteiger partial charge in [-0.15, -0.1) is 0 Å². The maximum atomic E-state index is 5.84. The van der Waals surface area contributed by atoms with Gasteiger partial charge in [0.25, 0.3) is 0 Å². The van der Waals surface area contributed by atoms with Gasteiger partial charge in [0.2, 0.25) is 0 Å². The Balaban J connectivity index is 1.86. The minimum atomic E-state index is 0.229. The van der Waals surface area contributed by atoms with E-state index in [1.807, 2.05) is 4.68 Å². The van der Waals surface area contributed by atoms with Crippen molar-refractivity contribution in [3.05, 3.63) is 17.5 Å². The van der Waals surface area contributed by atoms with E-state index in [2.05, 4.69) is 15.1 Å². The maximum absolute atomic E-state index is 5.84. The van der Waals surface area contributed by atoms with Crippen LogP contribution in [0, 0.1) is 0 Å². The van der Waals surface area contributed by atoms with E-state index in [0.717, 1.165) is 37.2 Å². The predicted octanol–water partition coefficient (Wildman–Crippen LogP) is 2.05. The monoisotopic (exact) mass is 252 g/mol. The Hall–Kier alpha value is -1.20. The lowest BCUT2D eigenvalue weighted by Crippen LogP contribution is -2.25. The van der Waals surface area contributed by atoms with Gasteiger partial charge < -0.3 is 4.74 Å². The zero-order valence-corrected chi connectivity index (χ0v) is 10.1. The highest BCUT2D eigenvalue weighted by atomic mass is 35.5. The lowest BCUT2D eigenvalue weighted by Gasteiger charge is -2.22. The molecule has 0 spiro atoms. The molecule has 1 fully saturated rings. The molecular weight excluding hydrogens is 240 g/mol. The zero-order chi connectivity index (χ0) is 11.7. The van der Waals surface area contributed by atoms with Crippen molar-refractivity contribution in [3.8, 4) is 0 Å². The van der Waals surface area contributed by atoms with Crippen LogP contribution in [-0.4, -0.2) is 32.5 Å². The van der Waals surface area contributed by atoms with Crippen LogP contribution in [0.5, 0.6) is 0 Å². The van der Waals surface area contributed by atoms with Gasteiger partial charge >= 0.3 is 0 Å². The molecule has 0 amide bonds. The van der Waals surface area contributed by atoms with Crippen LogP contribution in [0.15, 0.2) is 12.4 Å². The number of halogens is 1. The van der Waals surface area contributed by atoms with Crippen molar-refractivity contribution in [3.63, 3.8) is 0 Å². The van der Waals surface area contributed by atoms with Gasteiger partial charge in [-0.05, 0) is 19.3 Å². The summed E-state index contributed by atoms with van der Waals surface area (Å²) in [6.07, 6.45) is 6.93.